The molecule has 0 aliphatic carbocycles. The van der Waals surface area contributed by atoms with Gasteiger partial charge >= 0.3 is 0 Å². The average Bonchev–Trinajstić information content (AvgIpc) is 2.30. The van der Waals surface area contributed by atoms with E-state index in [0.29, 0.717) is 6.04 Å². The van der Waals surface area contributed by atoms with E-state index in [0.717, 1.165) is 25.6 Å². The predicted octanol–water partition coefficient (Wildman–Crippen LogP) is 2.11. The first kappa shape index (κ1) is 13.5. The maximum atomic E-state index is 5.41. The van der Waals surface area contributed by atoms with Crippen molar-refractivity contribution >= 4 is 0 Å². The number of hydrogen-bond acceptors (Lipinski definition) is 2. The molecule has 2 unspecified atom stereocenters. The largest absolute Gasteiger partial charge is 0.313 e. The van der Waals surface area contributed by atoms with Gasteiger partial charge in [0.25, 0.3) is 0 Å². The van der Waals surface area contributed by atoms with E-state index in [-0.39, 0.29) is 0 Å². The molecular weight excluding hydrogens is 196 g/mol. The van der Waals surface area contributed by atoms with E-state index in [1.165, 1.54) is 32.2 Å². The zero-order chi connectivity index (χ0) is 11.8. The minimum Gasteiger partial charge on any atom is -0.313 e. The molecule has 1 aliphatic heterocycles. The quantitative estimate of drug-likeness (QED) is 0.693. The lowest BCUT2D eigenvalue weighted by atomic mass is 9.90. The first-order chi connectivity index (χ1) is 7.80. The predicted molar refractivity (Wildman–Crippen MR) is 70.4 cm³/mol. The van der Waals surface area contributed by atoms with Crippen LogP contribution in [-0.2, 0) is 0 Å². The number of rotatable bonds is 6. The Morgan fingerprint density at radius 2 is 2.25 bits per heavy atom. The Morgan fingerprint density at radius 3 is 2.88 bits per heavy atom. The fourth-order valence-corrected chi connectivity index (χ4v) is 2.60. The maximum Gasteiger partial charge on any atom is 0.0599 e. The summed E-state index contributed by atoms with van der Waals surface area (Å²) in [5, 5.41) is 3.62. The SMILES string of the molecule is C#CCN(CCC)CC1CC(CC)CCN1. The van der Waals surface area contributed by atoms with Crippen LogP contribution in [0.25, 0.3) is 0 Å². The highest BCUT2D eigenvalue weighted by Crippen LogP contribution is 2.19. The smallest absolute Gasteiger partial charge is 0.0599 e. The molecule has 2 atom stereocenters. The van der Waals surface area contributed by atoms with Crippen molar-refractivity contribution in [2.24, 2.45) is 5.92 Å². The summed E-state index contributed by atoms with van der Waals surface area (Å²) in [7, 11) is 0. The van der Waals surface area contributed by atoms with Crippen molar-refractivity contribution in [2.75, 3.05) is 26.2 Å². The van der Waals surface area contributed by atoms with Crippen LogP contribution in [0.1, 0.15) is 39.5 Å². The van der Waals surface area contributed by atoms with Gasteiger partial charge in [-0.05, 0) is 38.3 Å². The molecule has 1 heterocycles. The summed E-state index contributed by atoms with van der Waals surface area (Å²) in [5.41, 5.74) is 0. The highest BCUT2D eigenvalue weighted by atomic mass is 15.1. The lowest BCUT2D eigenvalue weighted by Crippen LogP contribution is -2.46. The molecule has 2 nitrogen and oxygen atoms in total. The van der Waals surface area contributed by atoms with E-state index in [1.807, 2.05) is 0 Å². The minimum atomic E-state index is 0.651. The summed E-state index contributed by atoms with van der Waals surface area (Å²) in [5.74, 6) is 3.68. The Bertz CT molecular complexity index is 219. The molecule has 1 aliphatic rings. The van der Waals surface area contributed by atoms with Gasteiger partial charge < -0.3 is 5.32 Å². The summed E-state index contributed by atoms with van der Waals surface area (Å²) in [6.07, 6.45) is 10.6. The van der Waals surface area contributed by atoms with Gasteiger partial charge in [-0.2, -0.15) is 0 Å². The number of piperidine rings is 1. The molecule has 0 bridgehead atoms. The molecule has 0 saturated carbocycles. The first-order valence-electron chi connectivity index (χ1n) is 6.69. The fourth-order valence-electron chi connectivity index (χ4n) is 2.60. The molecule has 1 N–H and O–H groups in total. The molecule has 0 aromatic heterocycles. The molecule has 1 saturated heterocycles. The topological polar surface area (TPSA) is 15.3 Å². The molecule has 1 rings (SSSR count). The molecular formula is C14H26N2. The lowest BCUT2D eigenvalue weighted by Gasteiger charge is -2.33. The summed E-state index contributed by atoms with van der Waals surface area (Å²) < 4.78 is 0. The number of hydrogen-bond donors (Lipinski definition) is 1. The van der Waals surface area contributed by atoms with Crippen LogP contribution in [0.5, 0.6) is 0 Å². The standard InChI is InChI=1S/C14H26N2/c1-4-9-16(10-5-2)12-14-11-13(6-3)7-8-15-14/h1,13-15H,5-12H2,2-3H3. The van der Waals surface area contributed by atoms with Gasteiger partial charge in [-0.15, -0.1) is 6.42 Å². The second kappa shape index (κ2) is 7.70. The van der Waals surface area contributed by atoms with Crippen LogP contribution >= 0.6 is 0 Å². The van der Waals surface area contributed by atoms with E-state index in [4.69, 9.17) is 6.42 Å². The molecule has 92 valence electrons. The Balaban J connectivity index is 2.35. The van der Waals surface area contributed by atoms with Crippen molar-refractivity contribution in [1.29, 1.82) is 0 Å². The van der Waals surface area contributed by atoms with Crippen molar-refractivity contribution < 1.29 is 0 Å². The molecule has 0 amide bonds. The summed E-state index contributed by atoms with van der Waals surface area (Å²) in [6, 6.07) is 0.651. The van der Waals surface area contributed by atoms with Gasteiger partial charge in [0.05, 0.1) is 6.54 Å². The molecule has 0 radical (unpaired) electrons. The fraction of sp³-hybridized carbons (Fsp3) is 0.857. The van der Waals surface area contributed by atoms with E-state index in [9.17, 15) is 0 Å². The van der Waals surface area contributed by atoms with Gasteiger partial charge in [0.2, 0.25) is 0 Å². The third-order valence-electron chi connectivity index (χ3n) is 3.51. The van der Waals surface area contributed by atoms with Crippen LogP contribution in [-0.4, -0.2) is 37.1 Å². The van der Waals surface area contributed by atoms with Crippen molar-refractivity contribution in [3.8, 4) is 12.3 Å². The van der Waals surface area contributed by atoms with Crippen molar-refractivity contribution in [3.63, 3.8) is 0 Å². The monoisotopic (exact) mass is 222 g/mol. The van der Waals surface area contributed by atoms with Gasteiger partial charge in [0.15, 0.2) is 0 Å². The first-order valence-corrected chi connectivity index (χ1v) is 6.69. The van der Waals surface area contributed by atoms with Crippen LogP contribution in [0.3, 0.4) is 0 Å². The molecule has 0 aromatic carbocycles. The van der Waals surface area contributed by atoms with Gasteiger partial charge in [-0.1, -0.05) is 26.2 Å². The molecule has 16 heavy (non-hydrogen) atoms. The zero-order valence-electron chi connectivity index (χ0n) is 10.8. The average molecular weight is 222 g/mol. The van der Waals surface area contributed by atoms with Crippen molar-refractivity contribution in [2.45, 2.75) is 45.6 Å². The second-order valence-corrected chi connectivity index (χ2v) is 4.89. The highest BCUT2D eigenvalue weighted by Gasteiger charge is 2.21. The lowest BCUT2D eigenvalue weighted by molar-refractivity contribution is 0.214. The van der Waals surface area contributed by atoms with E-state index >= 15 is 0 Å². The Kier molecular flexibility index (Phi) is 6.52. The number of nitrogens with zero attached hydrogens (tertiary/aromatic N) is 1. The third kappa shape index (κ3) is 4.55. The van der Waals surface area contributed by atoms with E-state index in [2.05, 4.69) is 30.0 Å². The minimum absolute atomic E-state index is 0.651. The second-order valence-electron chi connectivity index (χ2n) is 4.89. The molecule has 1 fully saturated rings. The van der Waals surface area contributed by atoms with Gasteiger partial charge in [0.1, 0.15) is 0 Å². The van der Waals surface area contributed by atoms with Crippen LogP contribution in [0.2, 0.25) is 0 Å². The normalized spacial score (nSPS) is 25.6. The summed E-state index contributed by atoms with van der Waals surface area (Å²) in [6.45, 7) is 8.74. The van der Waals surface area contributed by atoms with Crippen molar-refractivity contribution in [3.05, 3.63) is 0 Å². The highest BCUT2D eigenvalue weighted by molar-refractivity contribution is 4.90. The van der Waals surface area contributed by atoms with Crippen LogP contribution in [0, 0.1) is 18.3 Å². The Hall–Kier alpha value is -0.520. The number of nitrogens with one attached hydrogen (secondary N) is 1. The van der Waals surface area contributed by atoms with Gasteiger partial charge in [0, 0.05) is 12.6 Å². The number of terminal acetylenes is 1. The zero-order valence-corrected chi connectivity index (χ0v) is 10.8. The molecule has 0 spiro atoms. The maximum absolute atomic E-state index is 5.41. The summed E-state index contributed by atoms with van der Waals surface area (Å²) >= 11 is 0. The van der Waals surface area contributed by atoms with Crippen LogP contribution in [0.4, 0.5) is 0 Å². The summed E-state index contributed by atoms with van der Waals surface area (Å²) in [4.78, 5) is 2.40. The van der Waals surface area contributed by atoms with E-state index < -0.39 is 0 Å². The van der Waals surface area contributed by atoms with Crippen LogP contribution in [0.15, 0.2) is 0 Å². The van der Waals surface area contributed by atoms with Gasteiger partial charge in [-0.25, -0.2) is 0 Å². The van der Waals surface area contributed by atoms with E-state index in [1.54, 1.807) is 0 Å². The third-order valence-corrected chi connectivity index (χ3v) is 3.51. The van der Waals surface area contributed by atoms with Crippen LogP contribution < -0.4 is 5.32 Å². The Labute approximate surface area is 101 Å². The Morgan fingerprint density at radius 1 is 1.44 bits per heavy atom. The van der Waals surface area contributed by atoms with Crippen molar-refractivity contribution in [1.82, 2.24) is 10.2 Å². The molecule has 0 aromatic rings. The molecule has 2 heteroatoms. The van der Waals surface area contributed by atoms with Gasteiger partial charge in [-0.3, -0.25) is 4.90 Å².